The molecule has 0 amide bonds. The van der Waals surface area contributed by atoms with Crippen LogP contribution in [0.5, 0.6) is 0 Å². The Bertz CT molecular complexity index is 668. The van der Waals surface area contributed by atoms with Gasteiger partial charge < -0.3 is 20.1 Å². The molecular weight excluding hydrogens is 278 g/mol. The number of aromatic amines is 1. The van der Waals surface area contributed by atoms with Crippen molar-refractivity contribution in [3.63, 3.8) is 0 Å². The Morgan fingerprint density at radius 2 is 2.55 bits per heavy atom. The van der Waals surface area contributed by atoms with E-state index in [1.807, 2.05) is 18.4 Å². The molecule has 1 fully saturated rings. The summed E-state index contributed by atoms with van der Waals surface area (Å²) in [6.45, 7) is 3.27. The summed E-state index contributed by atoms with van der Waals surface area (Å²) in [6.07, 6.45) is 0.440. The van der Waals surface area contributed by atoms with Crippen molar-refractivity contribution in [3.8, 4) is 0 Å². The van der Waals surface area contributed by atoms with Crippen LogP contribution in [0, 0.1) is 0 Å². The van der Waals surface area contributed by atoms with Crippen molar-refractivity contribution in [2.75, 3.05) is 13.2 Å². The third-order valence-electron chi connectivity index (χ3n) is 3.75. The maximum absolute atomic E-state index is 11.8. The van der Waals surface area contributed by atoms with Gasteiger partial charge in [0.2, 0.25) is 0 Å². The van der Waals surface area contributed by atoms with Gasteiger partial charge in [-0.1, -0.05) is 0 Å². The topological polar surface area (TPSA) is 87.2 Å². The van der Waals surface area contributed by atoms with E-state index in [9.17, 15) is 9.90 Å². The first-order chi connectivity index (χ1) is 9.58. The van der Waals surface area contributed by atoms with Gasteiger partial charge >= 0.3 is 0 Å². The number of nitrogens with one attached hydrogen (secondary N) is 2. The zero-order chi connectivity index (χ0) is 14.2. The number of H-pyrrole nitrogens is 1. The van der Waals surface area contributed by atoms with Crippen LogP contribution in [0.4, 0.5) is 0 Å². The maximum atomic E-state index is 11.8. The molecule has 3 rings (SSSR count). The van der Waals surface area contributed by atoms with Gasteiger partial charge in [0.05, 0.1) is 18.2 Å². The Labute approximate surface area is 119 Å². The van der Waals surface area contributed by atoms with Gasteiger partial charge in [0.25, 0.3) is 5.56 Å². The fraction of sp³-hybridized carbons (Fsp3) is 0.538. The average molecular weight is 295 g/mol. The molecule has 20 heavy (non-hydrogen) atoms. The zero-order valence-electron chi connectivity index (χ0n) is 11.2. The highest BCUT2D eigenvalue weighted by molar-refractivity contribution is 7.17. The third-order valence-corrected chi connectivity index (χ3v) is 4.65. The van der Waals surface area contributed by atoms with Crippen molar-refractivity contribution in [1.82, 2.24) is 15.3 Å². The van der Waals surface area contributed by atoms with Gasteiger partial charge in [-0.05, 0) is 18.4 Å². The Morgan fingerprint density at radius 3 is 3.30 bits per heavy atom. The molecule has 6 nitrogen and oxygen atoms in total. The second-order valence-corrected chi connectivity index (χ2v) is 6.03. The van der Waals surface area contributed by atoms with Crippen LogP contribution in [0.2, 0.25) is 0 Å². The van der Waals surface area contributed by atoms with Crippen LogP contribution in [0.3, 0.4) is 0 Å². The summed E-state index contributed by atoms with van der Waals surface area (Å²) in [4.78, 5) is 18.9. The molecule has 7 heteroatoms. The lowest BCUT2D eigenvalue weighted by Gasteiger charge is -2.26. The van der Waals surface area contributed by atoms with Gasteiger partial charge in [0.15, 0.2) is 0 Å². The highest BCUT2D eigenvalue weighted by Gasteiger charge is 2.38. The minimum atomic E-state index is -0.840. The van der Waals surface area contributed by atoms with Gasteiger partial charge in [0.1, 0.15) is 16.1 Å². The van der Waals surface area contributed by atoms with Crippen molar-refractivity contribution in [2.24, 2.45) is 0 Å². The number of aliphatic hydroxyl groups is 1. The van der Waals surface area contributed by atoms with Crippen LogP contribution < -0.4 is 10.9 Å². The molecule has 3 N–H and O–H groups in total. The Kier molecular flexibility index (Phi) is 3.59. The van der Waals surface area contributed by atoms with Crippen LogP contribution in [-0.4, -0.2) is 39.9 Å². The van der Waals surface area contributed by atoms with Crippen molar-refractivity contribution in [3.05, 3.63) is 27.6 Å². The molecular formula is C13H17N3O3S. The van der Waals surface area contributed by atoms with Crippen molar-refractivity contribution in [2.45, 2.75) is 31.6 Å². The van der Waals surface area contributed by atoms with E-state index in [0.717, 1.165) is 0 Å². The summed E-state index contributed by atoms with van der Waals surface area (Å²) >= 11 is 1.38. The predicted octanol–water partition coefficient (Wildman–Crippen LogP) is 0.614. The first kappa shape index (κ1) is 13.7. The smallest absolute Gasteiger partial charge is 0.268 e. The molecule has 1 aliphatic rings. The van der Waals surface area contributed by atoms with Gasteiger partial charge in [-0.3, -0.25) is 4.79 Å². The largest absolute Gasteiger partial charge is 0.386 e. The van der Waals surface area contributed by atoms with Crippen LogP contribution in [0.25, 0.3) is 10.2 Å². The molecule has 0 radical (unpaired) electrons. The predicted molar refractivity (Wildman–Crippen MR) is 76.9 cm³/mol. The minimum absolute atomic E-state index is 0.113. The van der Waals surface area contributed by atoms with E-state index in [1.165, 1.54) is 11.3 Å². The molecule has 108 valence electrons. The molecule has 0 aliphatic carbocycles. The molecule has 1 aliphatic heterocycles. The summed E-state index contributed by atoms with van der Waals surface area (Å²) in [5.41, 5.74) is -0.239. The first-order valence-corrected chi connectivity index (χ1v) is 7.47. The maximum Gasteiger partial charge on any atom is 0.268 e. The van der Waals surface area contributed by atoms with Crippen LogP contribution in [0.1, 0.15) is 19.2 Å². The molecule has 0 bridgehead atoms. The van der Waals surface area contributed by atoms with Gasteiger partial charge in [-0.2, -0.15) is 0 Å². The number of rotatable bonds is 4. The number of hydrogen-bond donors (Lipinski definition) is 3. The van der Waals surface area contributed by atoms with Crippen molar-refractivity contribution < 1.29 is 9.84 Å². The van der Waals surface area contributed by atoms with E-state index in [4.69, 9.17) is 4.74 Å². The highest BCUT2D eigenvalue weighted by atomic mass is 32.1. The lowest BCUT2D eigenvalue weighted by atomic mass is 9.97. The van der Waals surface area contributed by atoms with Gasteiger partial charge in [-0.25, -0.2) is 4.98 Å². The fourth-order valence-corrected chi connectivity index (χ4v) is 3.13. The lowest BCUT2D eigenvalue weighted by Crippen LogP contribution is -2.45. The highest BCUT2D eigenvalue weighted by Crippen LogP contribution is 2.24. The molecule has 2 atom stereocenters. The lowest BCUT2D eigenvalue weighted by molar-refractivity contribution is -0.0263. The normalized spacial score (nSPS) is 26.4. The molecule has 0 saturated carbocycles. The van der Waals surface area contributed by atoms with E-state index in [2.05, 4.69) is 15.3 Å². The molecule has 2 aromatic rings. The van der Waals surface area contributed by atoms with E-state index in [1.54, 1.807) is 0 Å². The van der Waals surface area contributed by atoms with E-state index >= 15 is 0 Å². The number of hydrogen-bond acceptors (Lipinski definition) is 6. The van der Waals surface area contributed by atoms with E-state index in [0.29, 0.717) is 42.2 Å². The quantitative estimate of drug-likeness (QED) is 0.769. The second-order valence-electron chi connectivity index (χ2n) is 5.12. The van der Waals surface area contributed by atoms with Crippen molar-refractivity contribution in [1.29, 1.82) is 0 Å². The Balaban J connectivity index is 1.67. The SMILES string of the molecule is CC1OCCC1(O)CNCc1nc2ccsc2c(=O)[nH]1. The Morgan fingerprint density at radius 1 is 1.70 bits per heavy atom. The Hall–Kier alpha value is -1.28. The molecule has 3 heterocycles. The number of ether oxygens (including phenoxy) is 1. The number of aromatic nitrogens is 2. The third kappa shape index (κ3) is 2.49. The van der Waals surface area contributed by atoms with Crippen LogP contribution in [-0.2, 0) is 11.3 Å². The zero-order valence-corrected chi connectivity index (χ0v) is 12.0. The van der Waals surface area contributed by atoms with Crippen LogP contribution >= 0.6 is 11.3 Å². The number of thiophene rings is 1. The summed E-state index contributed by atoms with van der Waals surface area (Å²) in [6, 6.07) is 1.83. The standard InChI is InChI=1S/C13H17N3O3S/c1-8-13(18,3-4-19-8)7-14-6-10-15-9-2-5-20-11(9)12(17)16-10/h2,5,8,14,18H,3-4,6-7H2,1H3,(H,15,16,17). The summed E-state index contributed by atoms with van der Waals surface area (Å²) in [5.74, 6) is 0.580. The van der Waals surface area contributed by atoms with E-state index in [-0.39, 0.29) is 11.7 Å². The first-order valence-electron chi connectivity index (χ1n) is 6.59. The summed E-state index contributed by atoms with van der Waals surface area (Å²) in [7, 11) is 0. The number of nitrogens with zero attached hydrogens (tertiary/aromatic N) is 1. The molecule has 0 aromatic carbocycles. The monoisotopic (exact) mass is 295 g/mol. The summed E-state index contributed by atoms with van der Waals surface area (Å²) in [5, 5.41) is 15.3. The van der Waals surface area contributed by atoms with Gasteiger partial charge in [-0.15, -0.1) is 11.3 Å². The molecule has 1 saturated heterocycles. The molecule has 2 unspecified atom stereocenters. The molecule has 2 aromatic heterocycles. The van der Waals surface area contributed by atoms with Crippen LogP contribution in [0.15, 0.2) is 16.2 Å². The number of fused-ring (bicyclic) bond motifs is 1. The fourth-order valence-electron chi connectivity index (χ4n) is 2.41. The van der Waals surface area contributed by atoms with E-state index < -0.39 is 5.60 Å². The minimum Gasteiger partial charge on any atom is -0.386 e. The van der Waals surface area contributed by atoms with Gasteiger partial charge in [0, 0.05) is 19.6 Å². The summed E-state index contributed by atoms with van der Waals surface area (Å²) < 4.78 is 6.02. The average Bonchev–Trinajstić information content (AvgIpc) is 2.98. The molecule has 0 spiro atoms. The second kappa shape index (κ2) is 5.25. The van der Waals surface area contributed by atoms with Crippen molar-refractivity contribution >= 4 is 21.6 Å².